The summed E-state index contributed by atoms with van der Waals surface area (Å²) in [6, 6.07) is 4.90. The minimum absolute atomic E-state index is 0.291. The Morgan fingerprint density at radius 1 is 1.40 bits per heavy atom. The highest BCUT2D eigenvalue weighted by molar-refractivity contribution is 5.54. The first-order valence-electron chi connectivity index (χ1n) is 5.44. The van der Waals surface area contributed by atoms with Crippen LogP contribution in [0, 0.1) is 5.82 Å². The van der Waals surface area contributed by atoms with Crippen molar-refractivity contribution < 1.29 is 4.39 Å². The fourth-order valence-electron chi connectivity index (χ4n) is 1.56. The topological polar surface area (TPSA) is 38.0 Å². The van der Waals surface area contributed by atoms with Crippen molar-refractivity contribution in [3.8, 4) is 0 Å². The van der Waals surface area contributed by atoms with Gasteiger partial charge < -0.3 is 11.1 Å². The lowest BCUT2D eigenvalue weighted by molar-refractivity contribution is 0.625. The van der Waals surface area contributed by atoms with E-state index < -0.39 is 0 Å². The van der Waals surface area contributed by atoms with Gasteiger partial charge in [0.25, 0.3) is 0 Å². The summed E-state index contributed by atoms with van der Waals surface area (Å²) < 4.78 is 13.0. The van der Waals surface area contributed by atoms with Crippen LogP contribution < -0.4 is 11.1 Å². The molecule has 0 bridgehead atoms. The first kappa shape index (κ1) is 11.8. The molecular weight excluding hydrogens is 191 g/mol. The van der Waals surface area contributed by atoms with Gasteiger partial charge in [-0.2, -0.15) is 0 Å². The van der Waals surface area contributed by atoms with Crippen LogP contribution in [0.25, 0.3) is 0 Å². The van der Waals surface area contributed by atoms with Crippen molar-refractivity contribution in [2.45, 2.75) is 39.2 Å². The largest absolute Gasteiger partial charge is 0.399 e. The summed E-state index contributed by atoms with van der Waals surface area (Å²) >= 11 is 0. The standard InChI is InChI=1S/C12H19FN2/c1-3-4-5-9(2)15-12-7-10(13)6-11(14)8-12/h6-9,15H,3-5,14H2,1-2H3. The summed E-state index contributed by atoms with van der Waals surface area (Å²) in [5.41, 5.74) is 6.77. The lowest BCUT2D eigenvalue weighted by Gasteiger charge is -2.15. The van der Waals surface area contributed by atoms with Crippen LogP contribution in [0.1, 0.15) is 33.1 Å². The van der Waals surface area contributed by atoms with Crippen LogP contribution >= 0.6 is 0 Å². The number of hydrogen-bond acceptors (Lipinski definition) is 2. The fraction of sp³-hybridized carbons (Fsp3) is 0.500. The molecule has 0 aliphatic heterocycles. The molecule has 0 aliphatic rings. The quantitative estimate of drug-likeness (QED) is 0.731. The zero-order valence-electron chi connectivity index (χ0n) is 9.39. The molecule has 1 unspecified atom stereocenters. The van der Waals surface area contributed by atoms with E-state index in [9.17, 15) is 4.39 Å². The van der Waals surface area contributed by atoms with Crippen molar-refractivity contribution in [3.63, 3.8) is 0 Å². The van der Waals surface area contributed by atoms with E-state index in [1.165, 1.54) is 25.0 Å². The highest BCUT2D eigenvalue weighted by atomic mass is 19.1. The Balaban J connectivity index is 2.56. The Labute approximate surface area is 90.7 Å². The van der Waals surface area contributed by atoms with Crippen LogP contribution in [-0.4, -0.2) is 6.04 Å². The number of benzene rings is 1. The van der Waals surface area contributed by atoms with Gasteiger partial charge in [0, 0.05) is 17.4 Å². The zero-order chi connectivity index (χ0) is 11.3. The Hall–Kier alpha value is -1.25. The molecule has 0 saturated carbocycles. The molecule has 3 heteroatoms. The summed E-state index contributed by atoms with van der Waals surface area (Å²) in [6.45, 7) is 4.25. The Bertz CT molecular complexity index is 292. The zero-order valence-corrected chi connectivity index (χ0v) is 9.39. The van der Waals surface area contributed by atoms with Crippen molar-refractivity contribution in [2.24, 2.45) is 0 Å². The summed E-state index contributed by atoms with van der Waals surface area (Å²) in [7, 11) is 0. The van der Waals surface area contributed by atoms with E-state index in [-0.39, 0.29) is 5.82 Å². The predicted molar refractivity (Wildman–Crippen MR) is 63.4 cm³/mol. The molecule has 84 valence electrons. The molecule has 3 N–H and O–H groups in total. The van der Waals surface area contributed by atoms with Crippen LogP contribution in [-0.2, 0) is 0 Å². The second-order valence-corrected chi connectivity index (χ2v) is 3.96. The minimum Gasteiger partial charge on any atom is -0.399 e. The molecule has 0 aromatic heterocycles. The third-order valence-corrected chi connectivity index (χ3v) is 2.32. The lowest BCUT2D eigenvalue weighted by atomic mass is 10.1. The van der Waals surface area contributed by atoms with E-state index in [4.69, 9.17) is 5.73 Å². The normalized spacial score (nSPS) is 12.5. The summed E-state index contributed by atoms with van der Waals surface area (Å²) in [4.78, 5) is 0. The van der Waals surface area contributed by atoms with Gasteiger partial charge in [-0.25, -0.2) is 4.39 Å². The molecule has 1 rings (SSSR count). The summed E-state index contributed by atoms with van der Waals surface area (Å²) in [5.74, 6) is -0.291. The first-order valence-corrected chi connectivity index (χ1v) is 5.44. The maximum atomic E-state index is 13.0. The Morgan fingerprint density at radius 3 is 2.73 bits per heavy atom. The van der Waals surface area contributed by atoms with Gasteiger partial charge in [0.05, 0.1) is 0 Å². The van der Waals surface area contributed by atoms with Gasteiger partial charge in [0.15, 0.2) is 0 Å². The van der Waals surface area contributed by atoms with E-state index in [2.05, 4.69) is 19.2 Å². The molecule has 0 radical (unpaired) electrons. The Morgan fingerprint density at radius 2 is 2.13 bits per heavy atom. The molecule has 0 heterocycles. The minimum atomic E-state index is -0.291. The molecule has 1 aromatic carbocycles. The third kappa shape index (κ3) is 4.19. The van der Waals surface area contributed by atoms with Crippen molar-refractivity contribution in [1.82, 2.24) is 0 Å². The fourth-order valence-corrected chi connectivity index (χ4v) is 1.56. The second kappa shape index (κ2) is 5.59. The first-order chi connectivity index (χ1) is 7.11. The SMILES string of the molecule is CCCCC(C)Nc1cc(N)cc(F)c1. The Kier molecular flexibility index (Phi) is 4.40. The number of rotatable bonds is 5. The second-order valence-electron chi connectivity index (χ2n) is 3.96. The van der Waals surface area contributed by atoms with Gasteiger partial charge in [0.1, 0.15) is 5.82 Å². The van der Waals surface area contributed by atoms with Crippen molar-refractivity contribution >= 4 is 11.4 Å². The number of anilines is 2. The van der Waals surface area contributed by atoms with Gasteiger partial charge in [0.2, 0.25) is 0 Å². The molecule has 0 fully saturated rings. The molecule has 0 amide bonds. The van der Waals surface area contributed by atoms with Crippen molar-refractivity contribution in [3.05, 3.63) is 24.0 Å². The monoisotopic (exact) mass is 210 g/mol. The summed E-state index contributed by atoms with van der Waals surface area (Å²) in [5, 5.41) is 3.24. The van der Waals surface area contributed by atoms with Gasteiger partial charge >= 0.3 is 0 Å². The lowest BCUT2D eigenvalue weighted by Crippen LogP contribution is -2.15. The van der Waals surface area contributed by atoms with E-state index in [0.29, 0.717) is 11.7 Å². The van der Waals surface area contributed by atoms with Crippen LogP contribution in [0.4, 0.5) is 15.8 Å². The average Bonchev–Trinajstić information content (AvgIpc) is 2.13. The highest BCUT2D eigenvalue weighted by Gasteiger charge is 2.03. The molecule has 0 aliphatic carbocycles. The van der Waals surface area contributed by atoms with Crippen molar-refractivity contribution in [2.75, 3.05) is 11.1 Å². The molecule has 15 heavy (non-hydrogen) atoms. The molecule has 0 saturated heterocycles. The average molecular weight is 210 g/mol. The van der Waals surface area contributed by atoms with Gasteiger partial charge in [-0.05, 0) is 31.5 Å². The van der Waals surface area contributed by atoms with Gasteiger partial charge in [-0.3, -0.25) is 0 Å². The number of nitrogen functional groups attached to an aromatic ring is 1. The maximum absolute atomic E-state index is 13.0. The number of nitrogens with two attached hydrogens (primary N) is 1. The van der Waals surface area contributed by atoms with Crippen molar-refractivity contribution in [1.29, 1.82) is 0 Å². The summed E-state index contributed by atoms with van der Waals surface area (Å²) in [6.07, 6.45) is 3.45. The maximum Gasteiger partial charge on any atom is 0.127 e. The van der Waals surface area contributed by atoms with Crippen LogP contribution in [0.5, 0.6) is 0 Å². The van der Waals surface area contributed by atoms with E-state index in [1.807, 2.05) is 0 Å². The molecule has 1 atom stereocenters. The van der Waals surface area contributed by atoms with Crippen LogP contribution in [0.2, 0.25) is 0 Å². The van der Waals surface area contributed by atoms with E-state index in [1.54, 1.807) is 6.07 Å². The number of hydrogen-bond donors (Lipinski definition) is 2. The van der Waals surface area contributed by atoms with Crippen LogP contribution in [0.3, 0.4) is 0 Å². The molecule has 0 spiro atoms. The van der Waals surface area contributed by atoms with Crippen LogP contribution in [0.15, 0.2) is 18.2 Å². The number of unbranched alkanes of at least 4 members (excludes halogenated alkanes) is 1. The van der Waals surface area contributed by atoms with E-state index in [0.717, 1.165) is 12.1 Å². The molecular formula is C12H19FN2. The smallest absolute Gasteiger partial charge is 0.127 e. The van der Waals surface area contributed by atoms with Gasteiger partial charge in [-0.15, -0.1) is 0 Å². The number of nitrogens with one attached hydrogen (secondary N) is 1. The number of halogens is 1. The van der Waals surface area contributed by atoms with E-state index >= 15 is 0 Å². The third-order valence-electron chi connectivity index (χ3n) is 2.32. The molecule has 2 nitrogen and oxygen atoms in total. The highest BCUT2D eigenvalue weighted by Crippen LogP contribution is 2.17. The predicted octanol–water partition coefficient (Wildman–Crippen LogP) is 3.40. The van der Waals surface area contributed by atoms with Gasteiger partial charge in [-0.1, -0.05) is 19.8 Å². The molecule has 1 aromatic rings.